The Bertz CT molecular complexity index is 435. The van der Waals surface area contributed by atoms with E-state index in [-0.39, 0.29) is 0 Å². The van der Waals surface area contributed by atoms with Crippen molar-refractivity contribution in [2.75, 3.05) is 17.6 Å². The number of aryl methyl sites for hydroxylation is 1. The highest BCUT2D eigenvalue weighted by atomic mass is 16.5. The van der Waals surface area contributed by atoms with Crippen LogP contribution in [0.25, 0.3) is 0 Å². The topological polar surface area (TPSA) is 103 Å². The summed E-state index contributed by atoms with van der Waals surface area (Å²) >= 11 is 0. The monoisotopic (exact) mass is 220 g/mol. The van der Waals surface area contributed by atoms with Crippen molar-refractivity contribution in [3.63, 3.8) is 0 Å². The fraction of sp³-hybridized carbons (Fsp3) is 0.333. The molecule has 0 unspecified atom stereocenters. The Kier molecular flexibility index (Phi) is 2.95. The minimum Gasteiger partial charge on any atom is -0.384 e. The molecule has 0 aliphatic rings. The van der Waals surface area contributed by atoms with Gasteiger partial charge in [0.25, 0.3) is 0 Å². The number of nitrogens with two attached hydrogens (primary N) is 1. The average molecular weight is 220 g/mol. The first-order chi connectivity index (χ1) is 7.74. The Morgan fingerprint density at radius 3 is 3.00 bits per heavy atom. The molecule has 0 aliphatic carbocycles. The molecule has 0 amide bonds. The predicted molar refractivity (Wildman–Crippen MR) is 57.7 cm³/mol. The summed E-state index contributed by atoms with van der Waals surface area (Å²) in [6.45, 7) is 2.44. The van der Waals surface area contributed by atoms with Crippen LogP contribution in [0.2, 0.25) is 0 Å². The van der Waals surface area contributed by atoms with Gasteiger partial charge < -0.3 is 15.6 Å². The molecule has 0 atom stereocenters. The molecule has 0 aromatic carbocycles. The second-order valence-corrected chi connectivity index (χ2v) is 3.24. The van der Waals surface area contributed by atoms with E-state index >= 15 is 0 Å². The van der Waals surface area contributed by atoms with Gasteiger partial charge in [-0.2, -0.15) is 4.98 Å². The van der Waals surface area contributed by atoms with Gasteiger partial charge in [-0.25, -0.2) is 9.97 Å². The Balaban J connectivity index is 1.89. The first kappa shape index (κ1) is 10.3. The zero-order valence-corrected chi connectivity index (χ0v) is 8.84. The van der Waals surface area contributed by atoms with Gasteiger partial charge in [-0.3, -0.25) is 0 Å². The lowest BCUT2D eigenvalue weighted by Gasteiger charge is -2.05. The lowest BCUT2D eigenvalue weighted by molar-refractivity contribution is 0.379. The summed E-state index contributed by atoms with van der Waals surface area (Å²) in [5, 5.41) is 6.62. The summed E-state index contributed by atoms with van der Waals surface area (Å²) in [5.74, 6) is 2.38. The lowest BCUT2D eigenvalue weighted by atomic mass is 10.4. The molecular formula is C9H12N6O. The molecule has 0 spiro atoms. The molecule has 2 aromatic heterocycles. The summed E-state index contributed by atoms with van der Waals surface area (Å²) in [5.41, 5.74) is 5.59. The molecule has 16 heavy (non-hydrogen) atoms. The van der Waals surface area contributed by atoms with Crippen molar-refractivity contribution in [2.45, 2.75) is 13.3 Å². The molecule has 0 radical (unpaired) electrons. The molecule has 2 aromatic rings. The predicted octanol–water partition coefficient (Wildman–Crippen LogP) is 0.405. The van der Waals surface area contributed by atoms with Gasteiger partial charge in [0.1, 0.15) is 17.5 Å². The van der Waals surface area contributed by atoms with E-state index in [9.17, 15) is 0 Å². The largest absolute Gasteiger partial charge is 0.384 e. The average Bonchev–Trinajstić information content (AvgIpc) is 2.69. The van der Waals surface area contributed by atoms with Crippen molar-refractivity contribution in [3.8, 4) is 0 Å². The normalized spacial score (nSPS) is 10.3. The molecule has 0 fully saturated rings. The van der Waals surface area contributed by atoms with E-state index in [1.807, 2.05) is 0 Å². The van der Waals surface area contributed by atoms with Crippen LogP contribution in [0.5, 0.6) is 0 Å². The van der Waals surface area contributed by atoms with Gasteiger partial charge in [0, 0.05) is 19.0 Å². The van der Waals surface area contributed by atoms with Crippen molar-refractivity contribution in [1.29, 1.82) is 0 Å². The highest BCUT2D eigenvalue weighted by molar-refractivity contribution is 5.44. The number of nitrogen functional groups attached to an aromatic ring is 1. The van der Waals surface area contributed by atoms with Crippen molar-refractivity contribution in [2.24, 2.45) is 0 Å². The Morgan fingerprint density at radius 2 is 2.31 bits per heavy atom. The summed E-state index contributed by atoms with van der Waals surface area (Å²) < 4.78 is 4.86. The Hall–Kier alpha value is -2.18. The van der Waals surface area contributed by atoms with E-state index < -0.39 is 0 Å². The van der Waals surface area contributed by atoms with Gasteiger partial charge in [0.15, 0.2) is 6.33 Å². The van der Waals surface area contributed by atoms with Gasteiger partial charge in [-0.15, -0.1) is 0 Å². The first-order valence-electron chi connectivity index (χ1n) is 4.84. The van der Waals surface area contributed by atoms with Crippen molar-refractivity contribution in [3.05, 3.63) is 24.1 Å². The highest BCUT2D eigenvalue weighted by Crippen LogP contribution is 2.07. The SMILES string of the molecule is Cc1nc(N)cc(NCCc2ncno2)n1. The zero-order valence-electron chi connectivity index (χ0n) is 8.84. The summed E-state index contributed by atoms with van der Waals surface area (Å²) in [6, 6.07) is 1.68. The number of aromatic nitrogens is 4. The number of hydrogen-bond donors (Lipinski definition) is 2. The van der Waals surface area contributed by atoms with Crippen LogP contribution in [0.3, 0.4) is 0 Å². The van der Waals surface area contributed by atoms with Crippen molar-refractivity contribution in [1.82, 2.24) is 20.1 Å². The van der Waals surface area contributed by atoms with Gasteiger partial charge in [0.05, 0.1) is 0 Å². The molecule has 2 rings (SSSR count). The minimum absolute atomic E-state index is 0.452. The van der Waals surface area contributed by atoms with Crippen LogP contribution >= 0.6 is 0 Å². The molecule has 7 nitrogen and oxygen atoms in total. The molecule has 0 aliphatic heterocycles. The molecule has 84 valence electrons. The third-order valence-corrected chi connectivity index (χ3v) is 1.91. The second-order valence-electron chi connectivity index (χ2n) is 3.24. The maximum atomic E-state index is 5.59. The van der Waals surface area contributed by atoms with Crippen LogP contribution in [0, 0.1) is 6.92 Å². The van der Waals surface area contributed by atoms with Gasteiger partial charge in [-0.05, 0) is 6.92 Å². The second kappa shape index (κ2) is 4.56. The van der Waals surface area contributed by atoms with E-state index in [1.54, 1.807) is 13.0 Å². The van der Waals surface area contributed by atoms with Crippen LogP contribution in [0.4, 0.5) is 11.6 Å². The van der Waals surface area contributed by atoms with Crippen LogP contribution < -0.4 is 11.1 Å². The van der Waals surface area contributed by atoms with E-state index in [1.165, 1.54) is 6.33 Å². The van der Waals surface area contributed by atoms with Crippen molar-refractivity contribution >= 4 is 11.6 Å². The summed E-state index contributed by atoms with van der Waals surface area (Å²) in [7, 11) is 0. The lowest BCUT2D eigenvalue weighted by Crippen LogP contribution is -2.08. The minimum atomic E-state index is 0.452. The molecule has 3 N–H and O–H groups in total. The maximum Gasteiger partial charge on any atom is 0.228 e. The number of nitrogens with one attached hydrogen (secondary N) is 1. The Morgan fingerprint density at radius 1 is 1.44 bits per heavy atom. The van der Waals surface area contributed by atoms with Crippen molar-refractivity contribution < 1.29 is 4.52 Å². The standard InChI is InChI=1S/C9H12N6O/c1-6-14-7(10)4-8(15-6)11-3-2-9-12-5-13-16-9/h4-5H,2-3H2,1H3,(H3,10,11,14,15). The zero-order chi connectivity index (χ0) is 11.4. The van der Waals surface area contributed by atoms with Crippen LogP contribution in [0.1, 0.15) is 11.7 Å². The molecule has 0 saturated heterocycles. The van der Waals surface area contributed by atoms with Gasteiger partial charge in [-0.1, -0.05) is 5.16 Å². The number of anilines is 2. The first-order valence-corrected chi connectivity index (χ1v) is 4.84. The fourth-order valence-electron chi connectivity index (χ4n) is 1.28. The molecule has 0 saturated carbocycles. The molecule has 7 heteroatoms. The maximum absolute atomic E-state index is 5.59. The smallest absolute Gasteiger partial charge is 0.228 e. The van der Waals surface area contributed by atoms with Gasteiger partial charge >= 0.3 is 0 Å². The molecule has 2 heterocycles. The fourth-order valence-corrected chi connectivity index (χ4v) is 1.28. The number of hydrogen-bond acceptors (Lipinski definition) is 7. The van der Waals surface area contributed by atoms with Gasteiger partial charge in [0.2, 0.25) is 5.89 Å². The molecule has 0 bridgehead atoms. The van der Waals surface area contributed by atoms with E-state index in [4.69, 9.17) is 10.3 Å². The quantitative estimate of drug-likeness (QED) is 0.768. The van der Waals surface area contributed by atoms with E-state index in [0.29, 0.717) is 36.3 Å². The highest BCUT2D eigenvalue weighted by Gasteiger charge is 2.01. The van der Waals surface area contributed by atoms with E-state index in [0.717, 1.165) is 0 Å². The third-order valence-electron chi connectivity index (χ3n) is 1.91. The third kappa shape index (κ3) is 2.66. The number of rotatable bonds is 4. The summed E-state index contributed by atoms with van der Waals surface area (Å²) in [4.78, 5) is 12.1. The van der Waals surface area contributed by atoms with Crippen LogP contribution in [0.15, 0.2) is 16.9 Å². The Labute approximate surface area is 92.1 Å². The van der Waals surface area contributed by atoms with Crippen LogP contribution in [-0.4, -0.2) is 26.7 Å². The van der Waals surface area contributed by atoms with Crippen LogP contribution in [-0.2, 0) is 6.42 Å². The molecular weight excluding hydrogens is 208 g/mol. The summed E-state index contributed by atoms with van der Waals surface area (Å²) in [6.07, 6.45) is 2.02. The van der Waals surface area contributed by atoms with E-state index in [2.05, 4.69) is 25.4 Å². The number of nitrogens with zero attached hydrogens (tertiary/aromatic N) is 4.